The summed E-state index contributed by atoms with van der Waals surface area (Å²) in [6, 6.07) is 8.32. The van der Waals surface area contributed by atoms with Gasteiger partial charge in [0.05, 0.1) is 18.2 Å². The largest absolute Gasteiger partial charge is 0.496 e. The van der Waals surface area contributed by atoms with Crippen molar-refractivity contribution < 1.29 is 4.74 Å². The van der Waals surface area contributed by atoms with Crippen molar-refractivity contribution in [3.63, 3.8) is 0 Å². The summed E-state index contributed by atoms with van der Waals surface area (Å²) >= 11 is 1.73. The van der Waals surface area contributed by atoms with E-state index in [0.29, 0.717) is 0 Å². The van der Waals surface area contributed by atoms with Gasteiger partial charge >= 0.3 is 0 Å². The fourth-order valence-electron chi connectivity index (χ4n) is 2.07. The standard InChI is InChI=1S/C15H20N2OS/c1-4-9-16-15(14-10-17-11(2)19-14)12-7-5-6-8-13(12)18-3/h5-8,10,15-16H,4,9H2,1-3H3. The van der Waals surface area contributed by atoms with Gasteiger partial charge < -0.3 is 10.1 Å². The maximum Gasteiger partial charge on any atom is 0.124 e. The highest BCUT2D eigenvalue weighted by Crippen LogP contribution is 2.32. The molecule has 0 spiro atoms. The molecule has 1 unspecified atom stereocenters. The highest BCUT2D eigenvalue weighted by atomic mass is 32.1. The van der Waals surface area contributed by atoms with Gasteiger partial charge in [0.25, 0.3) is 0 Å². The fraction of sp³-hybridized carbons (Fsp3) is 0.400. The van der Waals surface area contributed by atoms with E-state index in [2.05, 4.69) is 23.3 Å². The van der Waals surface area contributed by atoms with Crippen molar-refractivity contribution in [2.75, 3.05) is 13.7 Å². The number of aryl methyl sites for hydroxylation is 1. The van der Waals surface area contributed by atoms with E-state index in [1.54, 1.807) is 18.4 Å². The van der Waals surface area contributed by atoms with Crippen LogP contribution < -0.4 is 10.1 Å². The average Bonchev–Trinajstić information content (AvgIpc) is 2.86. The lowest BCUT2D eigenvalue weighted by molar-refractivity contribution is 0.404. The average molecular weight is 276 g/mol. The minimum absolute atomic E-state index is 0.155. The van der Waals surface area contributed by atoms with Crippen molar-refractivity contribution in [1.29, 1.82) is 0 Å². The van der Waals surface area contributed by atoms with Crippen LogP contribution in [0.4, 0.5) is 0 Å². The molecule has 1 aromatic carbocycles. The molecule has 2 aromatic rings. The van der Waals surface area contributed by atoms with Gasteiger partial charge in [0.1, 0.15) is 5.75 Å². The molecule has 0 aliphatic carbocycles. The highest BCUT2D eigenvalue weighted by molar-refractivity contribution is 7.11. The zero-order valence-corrected chi connectivity index (χ0v) is 12.5. The first-order valence-corrected chi connectivity index (χ1v) is 7.36. The molecule has 0 saturated heterocycles. The van der Waals surface area contributed by atoms with Crippen LogP contribution in [0.1, 0.15) is 34.8 Å². The molecule has 1 heterocycles. The molecule has 3 nitrogen and oxygen atoms in total. The number of nitrogens with zero attached hydrogens (tertiary/aromatic N) is 1. The summed E-state index contributed by atoms with van der Waals surface area (Å²) in [5, 5.41) is 4.67. The molecule has 102 valence electrons. The summed E-state index contributed by atoms with van der Waals surface area (Å²) in [4.78, 5) is 5.60. The lowest BCUT2D eigenvalue weighted by Crippen LogP contribution is -2.22. The normalized spacial score (nSPS) is 12.4. The van der Waals surface area contributed by atoms with Gasteiger partial charge in [-0.15, -0.1) is 11.3 Å². The van der Waals surface area contributed by atoms with Gasteiger partial charge in [-0.2, -0.15) is 0 Å². The maximum absolute atomic E-state index is 5.48. The van der Waals surface area contributed by atoms with E-state index >= 15 is 0 Å². The molecule has 1 aromatic heterocycles. The molecule has 0 aliphatic rings. The molecular weight excluding hydrogens is 256 g/mol. The Hall–Kier alpha value is -1.39. The molecule has 0 amide bonds. The number of rotatable bonds is 6. The van der Waals surface area contributed by atoms with Gasteiger partial charge in [0, 0.05) is 16.6 Å². The predicted molar refractivity (Wildman–Crippen MR) is 80.0 cm³/mol. The molecule has 0 saturated carbocycles. The molecule has 2 rings (SSSR count). The molecule has 0 aliphatic heterocycles. The number of hydrogen-bond donors (Lipinski definition) is 1. The first-order chi connectivity index (χ1) is 9.26. The van der Waals surface area contributed by atoms with E-state index in [0.717, 1.165) is 23.7 Å². The van der Waals surface area contributed by atoms with E-state index < -0.39 is 0 Å². The monoisotopic (exact) mass is 276 g/mol. The fourth-order valence-corrected chi connectivity index (χ4v) is 2.95. The number of para-hydroxylation sites is 1. The molecule has 1 atom stereocenters. The molecule has 1 N–H and O–H groups in total. The summed E-state index contributed by atoms with van der Waals surface area (Å²) in [5.74, 6) is 0.919. The minimum atomic E-state index is 0.155. The Morgan fingerprint density at radius 2 is 2.16 bits per heavy atom. The smallest absolute Gasteiger partial charge is 0.124 e. The molecule has 0 bridgehead atoms. The van der Waals surface area contributed by atoms with Crippen LogP contribution >= 0.6 is 11.3 Å². The zero-order chi connectivity index (χ0) is 13.7. The number of nitrogens with one attached hydrogen (secondary N) is 1. The minimum Gasteiger partial charge on any atom is -0.496 e. The quantitative estimate of drug-likeness (QED) is 0.876. The summed E-state index contributed by atoms with van der Waals surface area (Å²) in [6.45, 7) is 5.18. The number of ether oxygens (including phenoxy) is 1. The molecule has 0 fully saturated rings. The number of benzene rings is 1. The summed E-state index contributed by atoms with van der Waals surface area (Å²) in [7, 11) is 1.72. The van der Waals surface area contributed by atoms with Gasteiger partial charge in [0.15, 0.2) is 0 Å². The van der Waals surface area contributed by atoms with E-state index in [1.807, 2.05) is 31.3 Å². The second-order valence-electron chi connectivity index (χ2n) is 4.41. The Balaban J connectivity index is 2.36. The SMILES string of the molecule is CCCNC(c1cnc(C)s1)c1ccccc1OC. The third-order valence-corrected chi connectivity index (χ3v) is 3.95. The number of methoxy groups -OCH3 is 1. The van der Waals surface area contributed by atoms with Gasteiger partial charge in [-0.05, 0) is 26.0 Å². The van der Waals surface area contributed by atoms with E-state index in [-0.39, 0.29) is 6.04 Å². The topological polar surface area (TPSA) is 34.2 Å². The highest BCUT2D eigenvalue weighted by Gasteiger charge is 2.19. The van der Waals surface area contributed by atoms with Crippen molar-refractivity contribution >= 4 is 11.3 Å². The van der Waals surface area contributed by atoms with Crippen LogP contribution in [-0.4, -0.2) is 18.6 Å². The Morgan fingerprint density at radius 3 is 2.79 bits per heavy atom. The van der Waals surface area contributed by atoms with Crippen LogP contribution in [0, 0.1) is 6.92 Å². The maximum atomic E-state index is 5.48. The Kier molecular flexibility index (Phi) is 4.93. The summed E-state index contributed by atoms with van der Waals surface area (Å²) < 4.78 is 5.48. The van der Waals surface area contributed by atoms with E-state index in [4.69, 9.17) is 4.74 Å². The second-order valence-corrected chi connectivity index (χ2v) is 5.68. The van der Waals surface area contributed by atoms with Crippen LogP contribution in [0.2, 0.25) is 0 Å². The number of aromatic nitrogens is 1. The van der Waals surface area contributed by atoms with Gasteiger partial charge in [-0.3, -0.25) is 0 Å². The van der Waals surface area contributed by atoms with Crippen LogP contribution in [0.5, 0.6) is 5.75 Å². The number of thiazole rings is 1. The van der Waals surface area contributed by atoms with Crippen molar-refractivity contribution in [1.82, 2.24) is 10.3 Å². The second kappa shape index (κ2) is 6.68. The number of hydrogen-bond acceptors (Lipinski definition) is 4. The van der Waals surface area contributed by atoms with Crippen LogP contribution in [0.15, 0.2) is 30.5 Å². The lowest BCUT2D eigenvalue weighted by atomic mass is 10.0. The van der Waals surface area contributed by atoms with Crippen LogP contribution in [-0.2, 0) is 0 Å². The molecule has 19 heavy (non-hydrogen) atoms. The predicted octanol–water partition coefficient (Wildman–Crippen LogP) is 3.55. The third-order valence-electron chi connectivity index (χ3n) is 2.97. The zero-order valence-electron chi connectivity index (χ0n) is 11.6. The summed E-state index contributed by atoms with van der Waals surface area (Å²) in [5.41, 5.74) is 1.17. The molecule has 4 heteroatoms. The first kappa shape index (κ1) is 14.0. The lowest BCUT2D eigenvalue weighted by Gasteiger charge is -2.19. The van der Waals surface area contributed by atoms with E-state index in [1.165, 1.54) is 10.4 Å². The van der Waals surface area contributed by atoms with Crippen molar-refractivity contribution in [2.24, 2.45) is 0 Å². The molecule has 0 radical (unpaired) electrons. The van der Waals surface area contributed by atoms with Gasteiger partial charge in [0.2, 0.25) is 0 Å². The Bertz CT molecular complexity index is 524. The van der Waals surface area contributed by atoms with Gasteiger partial charge in [-0.1, -0.05) is 25.1 Å². The van der Waals surface area contributed by atoms with Crippen LogP contribution in [0.3, 0.4) is 0 Å². The van der Waals surface area contributed by atoms with Crippen molar-refractivity contribution in [2.45, 2.75) is 26.3 Å². The van der Waals surface area contributed by atoms with E-state index in [9.17, 15) is 0 Å². The van der Waals surface area contributed by atoms with Crippen molar-refractivity contribution in [3.8, 4) is 5.75 Å². The Labute approximate surface area is 118 Å². The van der Waals surface area contributed by atoms with Crippen LogP contribution in [0.25, 0.3) is 0 Å². The molecular formula is C15H20N2OS. The summed E-state index contributed by atoms with van der Waals surface area (Å²) in [6.07, 6.45) is 3.06. The van der Waals surface area contributed by atoms with Gasteiger partial charge in [-0.25, -0.2) is 4.98 Å². The van der Waals surface area contributed by atoms with Crippen molar-refractivity contribution in [3.05, 3.63) is 45.9 Å². The third kappa shape index (κ3) is 3.33. The first-order valence-electron chi connectivity index (χ1n) is 6.55. The Morgan fingerprint density at radius 1 is 1.37 bits per heavy atom.